The van der Waals surface area contributed by atoms with E-state index in [0.29, 0.717) is 5.69 Å². The fourth-order valence-corrected chi connectivity index (χ4v) is 2.07. The molecule has 0 unspecified atom stereocenters. The van der Waals surface area contributed by atoms with Gasteiger partial charge in [0, 0.05) is 10.9 Å². The molecule has 84 valence electrons. The van der Waals surface area contributed by atoms with Crippen molar-refractivity contribution in [2.45, 2.75) is 0 Å². The molecule has 3 rings (SSSR count). The van der Waals surface area contributed by atoms with E-state index < -0.39 is 0 Å². The van der Waals surface area contributed by atoms with E-state index in [0.717, 1.165) is 22.0 Å². The van der Waals surface area contributed by atoms with Crippen LogP contribution in [-0.4, -0.2) is 4.98 Å². The maximum atomic E-state index is 9.06. The third-order valence-electron chi connectivity index (χ3n) is 2.90. The molecule has 1 heterocycles. The van der Waals surface area contributed by atoms with Gasteiger partial charge in [-0.05, 0) is 11.5 Å². The van der Waals surface area contributed by atoms with Gasteiger partial charge in [0.05, 0.1) is 5.69 Å². The summed E-state index contributed by atoms with van der Waals surface area (Å²) in [4.78, 5) is 4.43. The molecule has 3 aromatic rings. The zero-order valence-corrected chi connectivity index (χ0v) is 9.67. The van der Waals surface area contributed by atoms with Crippen molar-refractivity contribution < 1.29 is 0 Å². The van der Waals surface area contributed by atoms with Crippen molar-refractivity contribution in [3.8, 4) is 17.3 Å². The van der Waals surface area contributed by atoms with Crippen LogP contribution in [0.1, 0.15) is 5.69 Å². The summed E-state index contributed by atoms with van der Waals surface area (Å²) in [7, 11) is 0. The smallest absolute Gasteiger partial charge is 0.141 e. The molecule has 0 bridgehead atoms. The first-order chi connectivity index (χ1) is 8.88. The summed E-state index contributed by atoms with van der Waals surface area (Å²) in [6, 6.07) is 21.9. The van der Waals surface area contributed by atoms with Gasteiger partial charge < -0.3 is 0 Å². The Morgan fingerprint density at radius 1 is 0.889 bits per heavy atom. The Labute approximate surface area is 105 Å². The molecule has 2 nitrogen and oxygen atoms in total. The van der Waals surface area contributed by atoms with Gasteiger partial charge in [-0.2, -0.15) is 5.26 Å². The molecule has 0 radical (unpaired) electrons. The predicted molar refractivity (Wildman–Crippen MR) is 71.9 cm³/mol. The van der Waals surface area contributed by atoms with Crippen molar-refractivity contribution in [3.63, 3.8) is 0 Å². The van der Waals surface area contributed by atoms with Crippen LogP contribution >= 0.6 is 0 Å². The second-order valence-corrected chi connectivity index (χ2v) is 4.06. The summed E-state index contributed by atoms with van der Waals surface area (Å²) in [6.07, 6.45) is 0. The first kappa shape index (κ1) is 10.5. The lowest BCUT2D eigenvalue weighted by Gasteiger charge is -2.06. The minimum Gasteiger partial charge on any atom is -0.236 e. The molecule has 0 aliphatic carbocycles. The molecule has 2 heteroatoms. The molecule has 0 fully saturated rings. The molecule has 0 saturated carbocycles. The number of nitrogens with zero attached hydrogens (tertiary/aromatic N) is 2. The van der Waals surface area contributed by atoms with E-state index in [1.54, 1.807) is 0 Å². The fraction of sp³-hybridized carbons (Fsp3) is 0. The molecule has 0 saturated heterocycles. The van der Waals surface area contributed by atoms with Crippen molar-refractivity contribution in [2.75, 3.05) is 0 Å². The number of nitriles is 1. The summed E-state index contributed by atoms with van der Waals surface area (Å²) in [5.74, 6) is 0. The summed E-state index contributed by atoms with van der Waals surface area (Å²) in [5.41, 5.74) is 2.35. The zero-order chi connectivity index (χ0) is 12.4. The van der Waals surface area contributed by atoms with Gasteiger partial charge in [0.25, 0.3) is 0 Å². The lowest BCUT2D eigenvalue weighted by Crippen LogP contribution is -1.90. The first-order valence-electron chi connectivity index (χ1n) is 5.74. The Hall–Kier alpha value is -2.66. The Balaban J connectivity index is 2.38. The van der Waals surface area contributed by atoms with Gasteiger partial charge in [0.15, 0.2) is 0 Å². The Kier molecular flexibility index (Phi) is 2.51. The molecule has 0 aliphatic rings. The Bertz CT molecular complexity index is 740. The van der Waals surface area contributed by atoms with Crippen LogP contribution in [0.3, 0.4) is 0 Å². The van der Waals surface area contributed by atoms with E-state index in [1.165, 1.54) is 0 Å². The Morgan fingerprint density at radius 3 is 2.39 bits per heavy atom. The molecule has 0 atom stereocenters. The average Bonchev–Trinajstić information content (AvgIpc) is 2.47. The second-order valence-electron chi connectivity index (χ2n) is 4.06. The fourth-order valence-electron chi connectivity index (χ4n) is 2.07. The molecule has 1 aromatic heterocycles. The van der Waals surface area contributed by atoms with Crippen LogP contribution < -0.4 is 0 Å². The van der Waals surface area contributed by atoms with Crippen LogP contribution in [0.4, 0.5) is 0 Å². The summed E-state index contributed by atoms with van der Waals surface area (Å²) < 4.78 is 0. The quantitative estimate of drug-likeness (QED) is 0.638. The minimum atomic E-state index is 0.451. The highest BCUT2D eigenvalue weighted by molar-refractivity contribution is 5.95. The van der Waals surface area contributed by atoms with Gasteiger partial charge in [0.1, 0.15) is 11.8 Å². The molecule has 0 amide bonds. The number of rotatable bonds is 1. The van der Waals surface area contributed by atoms with E-state index in [2.05, 4.69) is 11.1 Å². The van der Waals surface area contributed by atoms with E-state index in [4.69, 9.17) is 5.26 Å². The zero-order valence-electron chi connectivity index (χ0n) is 9.67. The van der Waals surface area contributed by atoms with Crippen LogP contribution in [-0.2, 0) is 0 Å². The van der Waals surface area contributed by atoms with Crippen molar-refractivity contribution in [1.82, 2.24) is 4.98 Å². The minimum absolute atomic E-state index is 0.451. The third-order valence-corrected chi connectivity index (χ3v) is 2.90. The summed E-state index contributed by atoms with van der Waals surface area (Å²) in [5, 5.41) is 11.2. The molecule has 0 spiro atoms. The molecule has 2 aromatic carbocycles. The SMILES string of the molecule is N#Cc1cc2ccccc2c(-c2ccccc2)n1. The number of aromatic nitrogens is 1. The second kappa shape index (κ2) is 4.31. The number of hydrogen-bond acceptors (Lipinski definition) is 2. The van der Waals surface area contributed by atoms with Gasteiger partial charge in [0.2, 0.25) is 0 Å². The normalized spacial score (nSPS) is 10.2. The van der Waals surface area contributed by atoms with Crippen LogP contribution in [0.25, 0.3) is 22.0 Å². The molecule has 0 N–H and O–H groups in total. The van der Waals surface area contributed by atoms with E-state index >= 15 is 0 Å². The van der Waals surface area contributed by atoms with Crippen molar-refractivity contribution in [2.24, 2.45) is 0 Å². The van der Waals surface area contributed by atoms with Crippen molar-refractivity contribution >= 4 is 10.8 Å². The number of pyridine rings is 1. The van der Waals surface area contributed by atoms with Gasteiger partial charge in [-0.3, -0.25) is 0 Å². The van der Waals surface area contributed by atoms with Crippen LogP contribution in [0.15, 0.2) is 60.7 Å². The van der Waals surface area contributed by atoms with Gasteiger partial charge in [-0.15, -0.1) is 0 Å². The van der Waals surface area contributed by atoms with Crippen molar-refractivity contribution in [3.05, 3.63) is 66.4 Å². The topological polar surface area (TPSA) is 36.7 Å². The van der Waals surface area contributed by atoms with Crippen LogP contribution in [0.2, 0.25) is 0 Å². The number of hydrogen-bond donors (Lipinski definition) is 0. The molecular formula is C16H10N2. The largest absolute Gasteiger partial charge is 0.236 e. The lowest BCUT2D eigenvalue weighted by atomic mass is 10.0. The summed E-state index contributed by atoms with van der Waals surface area (Å²) >= 11 is 0. The third kappa shape index (κ3) is 1.72. The first-order valence-corrected chi connectivity index (χ1v) is 5.74. The number of benzene rings is 2. The summed E-state index contributed by atoms with van der Waals surface area (Å²) in [6.45, 7) is 0. The van der Waals surface area contributed by atoms with E-state index in [-0.39, 0.29) is 0 Å². The maximum absolute atomic E-state index is 9.06. The number of fused-ring (bicyclic) bond motifs is 1. The highest BCUT2D eigenvalue weighted by Gasteiger charge is 2.07. The standard InChI is InChI=1S/C16H10N2/c17-11-14-10-13-8-4-5-9-15(13)16(18-14)12-6-2-1-3-7-12/h1-10H. The van der Waals surface area contributed by atoms with E-state index in [1.807, 2.05) is 60.7 Å². The van der Waals surface area contributed by atoms with Gasteiger partial charge in [-0.25, -0.2) is 4.98 Å². The van der Waals surface area contributed by atoms with Crippen LogP contribution in [0.5, 0.6) is 0 Å². The highest BCUT2D eigenvalue weighted by atomic mass is 14.7. The van der Waals surface area contributed by atoms with Crippen LogP contribution in [0, 0.1) is 11.3 Å². The monoisotopic (exact) mass is 230 g/mol. The predicted octanol–water partition coefficient (Wildman–Crippen LogP) is 3.77. The molecular weight excluding hydrogens is 220 g/mol. The van der Waals surface area contributed by atoms with Gasteiger partial charge >= 0.3 is 0 Å². The van der Waals surface area contributed by atoms with E-state index in [9.17, 15) is 0 Å². The van der Waals surface area contributed by atoms with Crippen molar-refractivity contribution in [1.29, 1.82) is 5.26 Å². The lowest BCUT2D eigenvalue weighted by molar-refractivity contribution is 1.29. The maximum Gasteiger partial charge on any atom is 0.141 e. The molecule has 18 heavy (non-hydrogen) atoms. The molecule has 0 aliphatic heterocycles. The van der Waals surface area contributed by atoms with Gasteiger partial charge in [-0.1, -0.05) is 54.6 Å². The average molecular weight is 230 g/mol. The Morgan fingerprint density at radius 2 is 1.61 bits per heavy atom. The highest BCUT2D eigenvalue weighted by Crippen LogP contribution is 2.27.